The van der Waals surface area contributed by atoms with Gasteiger partial charge in [-0.05, 0) is 80.9 Å². The molecule has 0 aromatic heterocycles. The van der Waals surface area contributed by atoms with E-state index in [1.165, 1.54) is 0 Å². The number of aliphatic carboxylic acids is 1. The van der Waals surface area contributed by atoms with E-state index >= 15 is 0 Å². The Morgan fingerprint density at radius 1 is 1.00 bits per heavy atom. The van der Waals surface area contributed by atoms with Gasteiger partial charge in [-0.2, -0.15) is 0 Å². The van der Waals surface area contributed by atoms with Crippen molar-refractivity contribution in [1.82, 2.24) is 4.90 Å². The zero-order chi connectivity index (χ0) is 28.5. The molecule has 38 heavy (non-hydrogen) atoms. The number of esters is 1. The number of carbonyl (C=O) groups excluding carboxylic acids is 1. The second-order valence-electron chi connectivity index (χ2n) is 13.8. The molecular weight excluding hydrogens is 480 g/mol. The molecule has 0 spiro atoms. The quantitative estimate of drug-likeness (QED) is 0.243. The number of methoxy groups -OCH3 is 1. The van der Waals surface area contributed by atoms with Crippen LogP contribution in [0.3, 0.4) is 0 Å². The number of aryl methyl sites for hydroxylation is 1. The van der Waals surface area contributed by atoms with E-state index in [4.69, 9.17) is 9.47 Å². The molecular formula is C31H50N2O5. The highest BCUT2D eigenvalue weighted by atomic mass is 16.5. The molecule has 0 atom stereocenters. The van der Waals surface area contributed by atoms with Gasteiger partial charge in [-0.25, -0.2) is 0 Å². The van der Waals surface area contributed by atoms with Gasteiger partial charge in [-0.15, -0.1) is 0 Å². The third-order valence-electron chi connectivity index (χ3n) is 9.18. The highest BCUT2D eigenvalue weighted by Gasteiger charge is 2.63. The molecule has 0 radical (unpaired) electrons. The Labute approximate surface area is 229 Å². The maximum atomic E-state index is 13.8. The lowest BCUT2D eigenvalue weighted by molar-refractivity contribution is -0.184. The predicted molar refractivity (Wildman–Crippen MR) is 152 cm³/mol. The van der Waals surface area contributed by atoms with Gasteiger partial charge in [0, 0.05) is 31.8 Å². The lowest BCUT2D eigenvalue weighted by Crippen LogP contribution is -2.59. The average molecular weight is 531 g/mol. The molecule has 2 N–H and O–H groups in total. The Morgan fingerprint density at radius 3 is 2.03 bits per heavy atom. The zero-order valence-corrected chi connectivity index (χ0v) is 25.1. The van der Waals surface area contributed by atoms with Crippen molar-refractivity contribution in [3.8, 4) is 5.75 Å². The van der Waals surface area contributed by atoms with E-state index in [0.29, 0.717) is 11.9 Å². The first kappa shape index (κ1) is 30.4. The lowest BCUT2D eigenvalue weighted by atomic mass is 9.54. The summed E-state index contributed by atoms with van der Waals surface area (Å²) in [7, 11) is 1.81. The largest absolute Gasteiger partial charge is 0.480 e. The molecule has 1 aliphatic heterocycles. The molecule has 7 heteroatoms. The minimum atomic E-state index is -1.73. The molecule has 1 saturated carbocycles. The summed E-state index contributed by atoms with van der Waals surface area (Å²) in [5.41, 5.74) is -1.45. The van der Waals surface area contributed by atoms with Crippen LogP contribution in [0.15, 0.2) is 18.2 Å². The Bertz CT molecular complexity index is 977. The number of ether oxygens (including phenoxy) is 2. The van der Waals surface area contributed by atoms with Crippen molar-refractivity contribution in [2.45, 2.75) is 112 Å². The van der Waals surface area contributed by atoms with E-state index < -0.39 is 28.2 Å². The molecule has 0 bridgehead atoms. The fourth-order valence-electron chi connectivity index (χ4n) is 7.04. The van der Waals surface area contributed by atoms with Crippen molar-refractivity contribution in [1.29, 1.82) is 0 Å². The number of piperidine rings is 1. The van der Waals surface area contributed by atoms with E-state index in [2.05, 4.69) is 17.1 Å². The normalized spacial score (nSPS) is 24.2. The maximum absolute atomic E-state index is 13.8. The van der Waals surface area contributed by atoms with Crippen LogP contribution < -0.4 is 10.1 Å². The molecule has 2 aliphatic rings. The Kier molecular flexibility index (Phi) is 8.94. The molecule has 0 amide bonds. The monoisotopic (exact) mass is 530 g/mol. The number of likely N-dealkylation sites (tertiary alicyclic amines) is 1. The third kappa shape index (κ3) is 5.89. The number of rotatable bonds is 7. The smallest absolute Gasteiger partial charge is 0.330 e. The second-order valence-corrected chi connectivity index (χ2v) is 13.8. The van der Waals surface area contributed by atoms with Crippen LogP contribution in [0, 0.1) is 23.2 Å². The highest BCUT2D eigenvalue weighted by molar-refractivity contribution is 6.02. The van der Waals surface area contributed by atoms with Gasteiger partial charge >= 0.3 is 11.9 Å². The molecule has 1 aliphatic carbocycles. The minimum absolute atomic E-state index is 0.226. The molecule has 1 aromatic carbocycles. The first-order valence-electron chi connectivity index (χ1n) is 14.2. The Morgan fingerprint density at radius 2 is 1.55 bits per heavy atom. The van der Waals surface area contributed by atoms with Gasteiger partial charge in [0.05, 0.1) is 11.8 Å². The molecule has 1 heterocycles. The SMILES string of the molecule is COC1CCC(C)(N2CCC(Nc3cc(C)ccc3OC(=O)C(C(=O)O)(C(C)(C)C)C(C)(C)C)CC2)CC1. The van der Waals surface area contributed by atoms with Gasteiger partial charge in [-0.1, -0.05) is 47.6 Å². The first-order valence-corrected chi connectivity index (χ1v) is 14.2. The second kappa shape index (κ2) is 11.2. The van der Waals surface area contributed by atoms with Crippen LogP contribution in [0.1, 0.15) is 92.6 Å². The van der Waals surface area contributed by atoms with Gasteiger partial charge in [0.25, 0.3) is 0 Å². The van der Waals surface area contributed by atoms with Crippen LogP contribution in [0.5, 0.6) is 5.75 Å². The summed E-state index contributed by atoms with van der Waals surface area (Å²) in [6, 6.07) is 5.90. The van der Waals surface area contributed by atoms with Crippen LogP contribution in [0.2, 0.25) is 0 Å². The van der Waals surface area contributed by atoms with Gasteiger partial charge in [0.2, 0.25) is 0 Å². The van der Waals surface area contributed by atoms with E-state index in [-0.39, 0.29) is 11.6 Å². The number of nitrogens with zero attached hydrogens (tertiary/aromatic N) is 1. The van der Waals surface area contributed by atoms with Gasteiger partial charge in [0.15, 0.2) is 11.2 Å². The number of hydrogen-bond donors (Lipinski definition) is 2. The highest BCUT2D eigenvalue weighted by Crippen LogP contribution is 2.53. The summed E-state index contributed by atoms with van der Waals surface area (Å²) in [5.74, 6) is -1.51. The van der Waals surface area contributed by atoms with Crippen molar-refractivity contribution in [2.75, 3.05) is 25.5 Å². The zero-order valence-electron chi connectivity index (χ0n) is 25.1. The lowest BCUT2D eigenvalue weighted by Gasteiger charge is -2.48. The van der Waals surface area contributed by atoms with Crippen molar-refractivity contribution in [3.63, 3.8) is 0 Å². The topological polar surface area (TPSA) is 88.1 Å². The summed E-state index contributed by atoms with van der Waals surface area (Å²) in [6.07, 6.45) is 6.93. The summed E-state index contributed by atoms with van der Waals surface area (Å²) in [4.78, 5) is 29.1. The summed E-state index contributed by atoms with van der Waals surface area (Å²) < 4.78 is 11.5. The predicted octanol–water partition coefficient (Wildman–Crippen LogP) is 6.29. The third-order valence-corrected chi connectivity index (χ3v) is 9.18. The molecule has 3 rings (SSSR count). The Balaban J connectivity index is 1.76. The number of benzene rings is 1. The van der Waals surface area contributed by atoms with E-state index in [1.54, 1.807) is 47.6 Å². The number of nitrogens with one attached hydrogen (secondary N) is 1. The van der Waals surface area contributed by atoms with Crippen molar-refractivity contribution >= 4 is 17.6 Å². The molecule has 7 nitrogen and oxygen atoms in total. The van der Waals surface area contributed by atoms with Crippen LogP contribution in [0.25, 0.3) is 0 Å². The van der Waals surface area contributed by atoms with Gasteiger partial charge < -0.3 is 19.9 Å². The van der Waals surface area contributed by atoms with Crippen LogP contribution in [-0.4, -0.2) is 59.8 Å². The fraction of sp³-hybridized carbons (Fsp3) is 0.742. The summed E-state index contributed by atoms with van der Waals surface area (Å²) >= 11 is 0. The maximum Gasteiger partial charge on any atom is 0.330 e. The van der Waals surface area contributed by atoms with Gasteiger partial charge in [0.1, 0.15) is 0 Å². The minimum Gasteiger partial charge on any atom is -0.480 e. The average Bonchev–Trinajstić information content (AvgIpc) is 2.80. The fourth-order valence-corrected chi connectivity index (χ4v) is 7.04. The Hall–Kier alpha value is -2.12. The van der Waals surface area contributed by atoms with Crippen molar-refractivity contribution in [2.24, 2.45) is 16.2 Å². The number of hydrogen-bond acceptors (Lipinski definition) is 6. The standard InChI is InChI=1S/C31H50N2O5/c1-21-10-11-25(38-27(36)31(26(34)35,28(2,3)4)29(5,6)7)24(20-21)32-22-14-18-33(19-15-22)30(8)16-12-23(37-9)13-17-30/h10-11,20,22-23,32H,12-19H2,1-9H3,(H,34,35). The molecule has 1 saturated heterocycles. The van der Waals surface area contributed by atoms with Crippen LogP contribution >= 0.6 is 0 Å². The van der Waals surface area contributed by atoms with Crippen molar-refractivity contribution < 1.29 is 24.2 Å². The number of carbonyl (C=O) groups is 2. The van der Waals surface area contributed by atoms with Gasteiger partial charge in [-0.3, -0.25) is 14.5 Å². The number of anilines is 1. The van der Waals surface area contributed by atoms with Crippen LogP contribution in [-0.2, 0) is 14.3 Å². The first-order chi connectivity index (χ1) is 17.5. The van der Waals surface area contributed by atoms with E-state index in [9.17, 15) is 14.7 Å². The number of carboxylic acid groups (broad SMARTS) is 1. The number of carboxylic acids is 1. The summed E-state index contributed by atoms with van der Waals surface area (Å²) in [6.45, 7) is 17.2. The molecule has 1 aromatic rings. The molecule has 2 fully saturated rings. The summed E-state index contributed by atoms with van der Waals surface area (Å²) in [5, 5.41) is 14.0. The van der Waals surface area contributed by atoms with E-state index in [0.717, 1.165) is 62.9 Å². The molecule has 214 valence electrons. The van der Waals surface area contributed by atoms with Crippen molar-refractivity contribution in [3.05, 3.63) is 23.8 Å². The van der Waals surface area contributed by atoms with Crippen LogP contribution in [0.4, 0.5) is 5.69 Å². The molecule has 0 unspecified atom stereocenters. The van der Waals surface area contributed by atoms with E-state index in [1.807, 2.05) is 26.2 Å².